The molecule has 2 atom stereocenters. The number of pyridine rings is 1. The number of fused-ring (bicyclic) bond motifs is 4. The van der Waals surface area contributed by atoms with Crippen LogP contribution in [0.1, 0.15) is 50.1 Å². The van der Waals surface area contributed by atoms with Crippen LogP contribution >= 0.6 is 11.6 Å². The van der Waals surface area contributed by atoms with Crippen molar-refractivity contribution < 1.29 is 27.8 Å². The Hall–Kier alpha value is -5.51. The maximum absolute atomic E-state index is 15.1. The van der Waals surface area contributed by atoms with Gasteiger partial charge in [-0.3, -0.25) is 24.4 Å². The van der Waals surface area contributed by atoms with E-state index in [1.807, 2.05) is 25.2 Å². The molecule has 3 aromatic heterocycles. The van der Waals surface area contributed by atoms with E-state index in [0.29, 0.717) is 90.0 Å². The van der Waals surface area contributed by atoms with Crippen molar-refractivity contribution in [1.82, 2.24) is 29.6 Å². The van der Waals surface area contributed by atoms with E-state index in [9.17, 15) is 14.4 Å². The highest BCUT2D eigenvalue weighted by Crippen LogP contribution is 2.46. The number of hydrogen-bond acceptors (Lipinski definition) is 11. The Morgan fingerprint density at radius 1 is 1.00 bits per heavy atom. The predicted molar refractivity (Wildman–Crippen MR) is 202 cm³/mol. The molecule has 14 nitrogen and oxygen atoms in total. The molecule has 17 heteroatoms. The van der Waals surface area contributed by atoms with Crippen molar-refractivity contribution in [2.75, 3.05) is 35.2 Å². The molecule has 2 amide bonds. The number of anilines is 4. The van der Waals surface area contributed by atoms with Crippen molar-refractivity contribution in [3.63, 3.8) is 0 Å². The van der Waals surface area contributed by atoms with Gasteiger partial charge < -0.3 is 29.6 Å². The molecule has 2 saturated heterocycles. The number of ether oxygens (including phenoxy) is 2. The number of benzene rings is 2. The highest BCUT2D eigenvalue weighted by Gasteiger charge is 2.51. The highest BCUT2D eigenvalue weighted by atomic mass is 35.5. The molecule has 1 aliphatic carbocycles. The number of carbonyl (C=O) groups is 2. The van der Waals surface area contributed by atoms with Crippen LogP contribution in [0.15, 0.2) is 47.4 Å². The number of carbonyl (C=O) groups excluding carboxylic acids is 2. The van der Waals surface area contributed by atoms with Gasteiger partial charge in [-0.15, -0.1) is 0 Å². The van der Waals surface area contributed by atoms with E-state index in [1.165, 1.54) is 10.8 Å². The fourth-order valence-corrected chi connectivity index (χ4v) is 8.08. The molecule has 3 N–H and O–H groups in total. The average Bonchev–Trinajstić information content (AvgIpc) is 3.97. The van der Waals surface area contributed by atoms with Gasteiger partial charge in [-0.1, -0.05) is 11.6 Å². The van der Waals surface area contributed by atoms with Crippen molar-refractivity contribution >= 4 is 68.4 Å². The number of alkyl halides is 2. The summed E-state index contributed by atoms with van der Waals surface area (Å²) >= 11 is 6.58. The number of piperidine rings is 2. The zero-order valence-corrected chi connectivity index (χ0v) is 30.8. The molecule has 55 heavy (non-hydrogen) atoms. The van der Waals surface area contributed by atoms with Crippen LogP contribution in [0.3, 0.4) is 0 Å². The third-order valence-corrected chi connectivity index (χ3v) is 11.3. The van der Waals surface area contributed by atoms with E-state index in [4.69, 9.17) is 26.1 Å². The lowest BCUT2D eigenvalue weighted by Gasteiger charge is -2.32. The monoisotopic (exact) mass is 773 g/mol. The summed E-state index contributed by atoms with van der Waals surface area (Å²) in [4.78, 5) is 48.7. The largest absolute Gasteiger partial charge is 0.490 e. The summed E-state index contributed by atoms with van der Waals surface area (Å²) in [5.41, 5.74) is 2.40. The van der Waals surface area contributed by atoms with Gasteiger partial charge in [0.25, 0.3) is 5.56 Å². The zero-order chi connectivity index (χ0) is 38.2. The van der Waals surface area contributed by atoms with Crippen LogP contribution < -0.4 is 35.9 Å². The maximum atomic E-state index is 15.1. The molecular formula is C38H38ClF2N9O5. The third kappa shape index (κ3) is 6.45. The SMILES string of the molecule is Cn1nc(C2CCC(=O)NC2=O)c2ccc(OC3CCN(c4ncc(Cl)c(Nc5ccc6c(c5)c5c(c(=O)n6C)OCC(F)(F)[C@H](C6CC6)N5)n4)CC3)cc21. The van der Waals surface area contributed by atoms with E-state index in [1.54, 1.807) is 29.9 Å². The van der Waals surface area contributed by atoms with Gasteiger partial charge in [-0.05, 0) is 55.5 Å². The second-order valence-electron chi connectivity index (χ2n) is 14.8. The Bertz CT molecular complexity index is 2440. The Balaban J connectivity index is 0.897. The summed E-state index contributed by atoms with van der Waals surface area (Å²) in [6, 6.07) is 9.90. The van der Waals surface area contributed by atoms with E-state index in [2.05, 4.69) is 30.9 Å². The second kappa shape index (κ2) is 13.4. The van der Waals surface area contributed by atoms with Crippen molar-refractivity contribution in [2.24, 2.45) is 20.0 Å². The van der Waals surface area contributed by atoms with Crippen molar-refractivity contribution in [1.29, 1.82) is 0 Å². The standard InChI is InChI=1S/C38H38ClF2N9O5/c1-48-27-9-5-20(15-25(27)31-32(36(48)53)54-18-38(40,41)33(45-31)19-3-4-19)43-34-26(39)17-42-37(46-34)50-13-11-21(12-14-50)55-22-6-7-23-28(16-22)49(2)47-30(23)24-8-10-29(51)44-35(24)52/h5-7,9,15-17,19,21,24,33,45H,3-4,8,10-14,18H2,1-2H3,(H,42,43,46)(H,44,51,52)/t24?,33-/m0/s1. The smallest absolute Gasteiger partial charge is 0.301 e. The summed E-state index contributed by atoms with van der Waals surface area (Å²) in [5, 5.41) is 15.0. The summed E-state index contributed by atoms with van der Waals surface area (Å²) in [6.45, 7) is 0.396. The zero-order valence-electron chi connectivity index (χ0n) is 30.1. The quantitative estimate of drug-likeness (QED) is 0.182. The highest BCUT2D eigenvalue weighted by molar-refractivity contribution is 6.33. The van der Waals surface area contributed by atoms with Crippen molar-refractivity contribution in [2.45, 2.75) is 62.5 Å². The van der Waals surface area contributed by atoms with Crippen LogP contribution in [0, 0.1) is 5.92 Å². The topological polar surface area (TPSA) is 158 Å². The number of halogens is 3. The molecule has 9 rings (SSSR count). The number of imide groups is 1. The first-order valence-electron chi connectivity index (χ1n) is 18.4. The molecule has 0 radical (unpaired) electrons. The van der Waals surface area contributed by atoms with Gasteiger partial charge in [-0.2, -0.15) is 10.1 Å². The lowest BCUT2D eigenvalue weighted by atomic mass is 9.93. The fourth-order valence-electron chi connectivity index (χ4n) is 7.94. The number of rotatable bonds is 7. The number of nitrogens with one attached hydrogen (secondary N) is 3. The van der Waals surface area contributed by atoms with Gasteiger partial charge in [0.1, 0.15) is 16.9 Å². The van der Waals surface area contributed by atoms with Crippen LogP contribution in [0.25, 0.3) is 21.8 Å². The normalized spacial score (nSPS) is 21.4. The second-order valence-corrected chi connectivity index (χ2v) is 15.2. The van der Waals surface area contributed by atoms with Crippen LogP contribution in [0.4, 0.5) is 31.9 Å². The first-order chi connectivity index (χ1) is 26.4. The summed E-state index contributed by atoms with van der Waals surface area (Å²) < 4.78 is 45.2. The van der Waals surface area contributed by atoms with E-state index < -0.39 is 30.0 Å². The average molecular weight is 774 g/mol. The van der Waals surface area contributed by atoms with Gasteiger partial charge in [0.15, 0.2) is 12.4 Å². The van der Waals surface area contributed by atoms with E-state index in [-0.39, 0.29) is 41.7 Å². The van der Waals surface area contributed by atoms with Crippen molar-refractivity contribution in [3.8, 4) is 11.5 Å². The predicted octanol–water partition coefficient (Wildman–Crippen LogP) is 5.40. The summed E-state index contributed by atoms with van der Waals surface area (Å²) in [6.07, 6.45) is 5.00. The molecule has 6 heterocycles. The molecule has 3 aliphatic heterocycles. The van der Waals surface area contributed by atoms with Crippen LogP contribution in [-0.2, 0) is 23.7 Å². The van der Waals surface area contributed by atoms with Gasteiger partial charge in [-0.25, -0.2) is 13.8 Å². The van der Waals surface area contributed by atoms with Crippen molar-refractivity contribution in [3.05, 3.63) is 63.7 Å². The van der Waals surface area contributed by atoms with E-state index >= 15 is 8.78 Å². The fraction of sp³-hybridized carbons (Fsp3) is 0.421. The number of aromatic nitrogens is 5. The van der Waals surface area contributed by atoms with Crippen LogP contribution in [0.5, 0.6) is 11.5 Å². The van der Waals surface area contributed by atoms with Gasteiger partial charge in [0.05, 0.1) is 40.6 Å². The Kier molecular flexibility index (Phi) is 8.55. The minimum atomic E-state index is -3.14. The lowest BCUT2D eigenvalue weighted by Crippen LogP contribution is -2.44. The molecule has 4 aliphatic rings. The summed E-state index contributed by atoms with van der Waals surface area (Å²) in [5.74, 6) is -2.96. The minimum Gasteiger partial charge on any atom is -0.490 e. The Labute approximate surface area is 318 Å². The molecule has 1 unspecified atom stereocenters. The van der Waals surface area contributed by atoms with Gasteiger partial charge in [0.2, 0.25) is 23.5 Å². The lowest BCUT2D eigenvalue weighted by molar-refractivity contribution is -0.134. The molecule has 286 valence electrons. The molecule has 1 saturated carbocycles. The molecule has 0 bridgehead atoms. The maximum Gasteiger partial charge on any atom is 0.301 e. The summed E-state index contributed by atoms with van der Waals surface area (Å²) in [7, 11) is 3.41. The van der Waals surface area contributed by atoms with E-state index in [0.717, 1.165) is 10.9 Å². The van der Waals surface area contributed by atoms with Gasteiger partial charge in [0, 0.05) is 69.0 Å². The van der Waals surface area contributed by atoms with Gasteiger partial charge >= 0.3 is 5.92 Å². The Morgan fingerprint density at radius 3 is 2.56 bits per heavy atom. The molecular weight excluding hydrogens is 736 g/mol. The number of amides is 2. The number of nitrogens with zero attached hydrogens (tertiary/aromatic N) is 6. The molecule has 2 aromatic carbocycles. The molecule has 3 fully saturated rings. The first-order valence-corrected chi connectivity index (χ1v) is 18.8. The number of hydrogen-bond donors (Lipinski definition) is 3. The first kappa shape index (κ1) is 35.2. The molecule has 0 spiro atoms. The third-order valence-electron chi connectivity index (χ3n) is 11.1. The van der Waals surface area contributed by atoms with Crippen LogP contribution in [-0.4, -0.2) is 73.9 Å². The van der Waals surface area contributed by atoms with Crippen LogP contribution in [0.2, 0.25) is 5.02 Å². The number of aryl methyl sites for hydroxylation is 2. The minimum absolute atomic E-state index is 0.0535. The molecule has 5 aromatic rings. The Morgan fingerprint density at radius 2 is 1.80 bits per heavy atom.